The van der Waals surface area contributed by atoms with E-state index in [0.29, 0.717) is 43.1 Å². The van der Waals surface area contributed by atoms with Crippen molar-refractivity contribution in [3.63, 3.8) is 0 Å². The molecule has 7 rings (SSSR count). The lowest BCUT2D eigenvalue weighted by Crippen LogP contribution is -2.61. The van der Waals surface area contributed by atoms with Gasteiger partial charge < -0.3 is 21.3 Å². The van der Waals surface area contributed by atoms with Gasteiger partial charge in [-0.3, -0.25) is 9.59 Å². The summed E-state index contributed by atoms with van der Waals surface area (Å²) in [6.07, 6.45) is 12.0. The molecule has 4 N–H and O–H groups in total. The largest absolute Gasteiger partial charge is 0.368 e. The molecule has 2 fully saturated rings. The van der Waals surface area contributed by atoms with Crippen LogP contribution < -0.4 is 16.4 Å². The molecule has 2 aromatic carbocycles. The van der Waals surface area contributed by atoms with Gasteiger partial charge in [-0.05, 0) is 74.7 Å². The lowest BCUT2D eigenvalue weighted by atomic mass is 9.85. The summed E-state index contributed by atoms with van der Waals surface area (Å²) < 4.78 is 1.96. The highest BCUT2D eigenvalue weighted by atomic mass is 16.2. The zero-order valence-electron chi connectivity index (χ0n) is 26.5. The molecular weight excluding hydrogens is 590 g/mol. The van der Waals surface area contributed by atoms with Crippen LogP contribution in [0, 0.1) is 0 Å². The van der Waals surface area contributed by atoms with Crippen molar-refractivity contribution in [2.45, 2.75) is 56.4 Å². The number of amides is 2. The van der Waals surface area contributed by atoms with Crippen molar-refractivity contribution in [1.29, 1.82) is 0 Å². The summed E-state index contributed by atoms with van der Waals surface area (Å²) >= 11 is 0. The molecule has 1 saturated heterocycles. The van der Waals surface area contributed by atoms with Crippen LogP contribution in [0.25, 0.3) is 27.8 Å². The quantitative estimate of drug-likeness (QED) is 0.219. The molecule has 11 heteroatoms. The number of carbonyl (C=O) groups is 2. The van der Waals surface area contributed by atoms with Crippen molar-refractivity contribution in [1.82, 2.24) is 34.9 Å². The summed E-state index contributed by atoms with van der Waals surface area (Å²) in [5.74, 6) is 0.841. The van der Waals surface area contributed by atoms with Crippen molar-refractivity contribution < 1.29 is 9.59 Å². The van der Waals surface area contributed by atoms with E-state index in [1.54, 1.807) is 18.6 Å². The molecule has 2 amide bonds. The molecule has 1 aliphatic heterocycles. The second-order valence-corrected chi connectivity index (χ2v) is 12.8. The standard InChI is InChI=1S/C36H39N9O2/c1-44-19-16-36(17-20-44,34(47)41-28-13-10-24(11-14-28)27-22-39-35(37)40-23-27)42-33(46)26-12-15-29-30(21-26)43-45(31-9-5-6-18-38-31)32(29)25-7-3-2-4-8-25/h5-6,9-15,18,21-23,25H,2-4,7-8,16-17,19-20H2,1H3,(H,41,47)(H,42,46)(H2,37,39,40). The zero-order valence-corrected chi connectivity index (χ0v) is 26.5. The van der Waals surface area contributed by atoms with Crippen LogP contribution in [0.1, 0.15) is 66.9 Å². The summed E-state index contributed by atoms with van der Waals surface area (Å²) in [6.45, 7) is 1.37. The van der Waals surface area contributed by atoms with Crippen LogP contribution in [0.3, 0.4) is 0 Å². The van der Waals surface area contributed by atoms with E-state index < -0.39 is 5.54 Å². The van der Waals surface area contributed by atoms with Gasteiger partial charge in [-0.1, -0.05) is 43.5 Å². The van der Waals surface area contributed by atoms with Crippen molar-refractivity contribution in [3.8, 4) is 16.9 Å². The van der Waals surface area contributed by atoms with Crippen molar-refractivity contribution in [2.24, 2.45) is 0 Å². The number of nitrogen functional groups attached to an aromatic ring is 1. The predicted molar refractivity (Wildman–Crippen MR) is 182 cm³/mol. The summed E-state index contributed by atoms with van der Waals surface area (Å²) in [5, 5.41) is 12.2. The number of rotatable bonds is 7. The van der Waals surface area contributed by atoms with E-state index in [4.69, 9.17) is 10.8 Å². The number of nitrogens with one attached hydrogen (secondary N) is 2. The lowest BCUT2D eigenvalue weighted by Gasteiger charge is -2.40. The molecule has 0 bridgehead atoms. The van der Waals surface area contributed by atoms with E-state index in [9.17, 15) is 9.59 Å². The van der Waals surface area contributed by atoms with Gasteiger partial charge in [-0.2, -0.15) is 5.10 Å². The summed E-state index contributed by atoms with van der Waals surface area (Å²) in [5.41, 5.74) is 9.29. The van der Waals surface area contributed by atoms with Gasteiger partial charge in [0.25, 0.3) is 5.91 Å². The number of hydrogen-bond acceptors (Lipinski definition) is 8. The molecule has 0 unspecified atom stereocenters. The van der Waals surface area contributed by atoms with Gasteiger partial charge in [-0.15, -0.1) is 0 Å². The van der Waals surface area contributed by atoms with Gasteiger partial charge in [0.15, 0.2) is 5.82 Å². The topological polar surface area (TPSA) is 144 Å². The molecule has 4 heterocycles. The second-order valence-electron chi connectivity index (χ2n) is 12.8. The highest BCUT2D eigenvalue weighted by Gasteiger charge is 2.42. The highest BCUT2D eigenvalue weighted by molar-refractivity contribution is 6.05. The van der Waals surface area contributed by atoms with Gasteiger partial charge in [0.1, 0.15) is 5.54 Å². The maximum Gasteiger partial charge on any atom is 0.252 e. The number of nitrogens with zero attached hydrogens (tertiary/aromatic N) is 6. The summed E-state index contributed by atoms with van der Waals surface area (Å²) in [7, 11) is 2.03. The first-order chi connectivity index (χ1) is 22.9. The van der Waals surface area contributed by atoms with E-state index >= 15 is 0 Å². The van der Waals surface area contributed by atoms with Gasteiger partial charge >= 0.3 is 0 Å². The molecule has 2 aliphatic rings. The Morgan fingerprint density at radius 1 is 0.894 bits per heavy atom. The molecule has 0 spiro atoms. The molecule has 0 radical (unpaired) electrons. The molecular formula is C36H39N9O2. The van der Waals surface area contributed by atoms with Crippen LogP contribution in [-0.4, -0.2) is 67.1 Å². The summed E-state index contributed by atoms with van der Waals surface area (Å²) in [6, 6.07) is 19.0. The molecule has 5 aromatic rings. The molecule has 240 valence electrons. The Kier molecular flexibility index (Phi) is 8.38. The number of benzene rings is 2. The normalized spacial score (nSPS) is 17.0. The van der Waals surface area contributed by atoms with E-state index in [0.717, 1.165) is 46.4 Å². The Labute approximate surface area is 273 Å². The fourth-order valence-corrected chi connectivity index (χ4v) is 6.85. The van der Waals surface area contributed by atoms with Crippen LogP contribution in [0.4, 0.5) is 11.6 Å². The number of fused-ring (bicyclic) bond motifs is 1. The average molecular weight is 630 g/mol. The number of piperidine rings is 1. The number of likely N-dealkylation sites (tertiary alicyclic amines) is 1. The Morgan fingerprint density at radius 2 is 1.64 bits per heavy atom. The van der Waals surface area contributed by atoms with Crippen molar-refractivity contribution in [2.75, 3.05) is 31.2 Å². The number of carbonyl (C=O) groups excluding carboxylic acids is 2. The fraction of sp³-hybridized carbons (Fsp3) is 0.333. The average Bonchev–Trinajstić information content (AvgIpc) is 3.50. The zero-order chi connectivity index (χ0) is 32.4. The maximum absolute atomic E-state index is 13.9. The Morgan fingerprint density at radius 3 is 2.34 bits per heavy atom. The van der Waals surface area contributed by atoms with Gasteiger partial charge in [0.05, 0.1) is 11.2 Å². The Balaban J connectivity index is 1.15. The Bertz CT molecular complexity index is 1870. The van der Waals surface area contributed by atoms with E-state index in [2.05, 4.69) is 30.5 Å². The predicted octanol–water partition coefficient (Wildman–Crippen LogP) is 5.34. The van der Waals surface area contributed by atoms with Gasteiger partial charge in [0.2, 0.25) is 11.9 Å². The van der Waals surface area contributed by atoms with Crippen LogP contribution in [0.2, 0.25) is 0 Å². The number of aromatic nitrogens is 5. The van der Waals surface area contributed by atoms with E-state index in [1.165, 1.54) is 19.3 Å². The monoisotopic (exact) mass is 629 g/mol. The molecule has 3 aromatic heterocycles. The third-order valence-electron chi connectivity index (χ3n) is 9.61. The summed E-state index contributed by atoms with van der Waals surface area (Å²) in [4.78, 5) is 42.7. The van der Waals surface area contributed by atoms with Crippen LogP contribution in [0.15, 0.2) is 79.3 Å². The van der Waals surface area contributed by atoms with Crippen molar-refractivity contribution >= 4 is 34.4 Å². The third-order valence-corrected chi connectivity index (χ3v) is 9.61. The minimum atomic E-state index is -1.07. The molecule has 0 atom stereocenters. The smallest absolute Gasteiger partial charge is 0.252 e. The first-order valence-electron chi connectivity index (χ1n) is 16.3. The molecule has 1 saturated carbocycles. The lowest BCUT2D eigenvalue weighted by molar-refractivity contribution is -0.123. The van der Waals surface area contributed by atoms with Crippen LogP contribution >= 0.6 is 0 Å². The first-order valence-corrected chi connectivity index (χ1v) is 16.3. The highest BCUT2D eigenvalue weighted by Crippen LogP contribution is 2.38. The van der Waals surface area contributed by atoms with Crippen LogP contribution in [-0.2, 0) is 4.79 Å². The molecule has 1 aliphatic carbocycles. The minimum Gasteiger partial charge on any atom is -0.368 e. The number of anilines is 2. The third kappa shape index (κ3) is 6.31. The minimum absolute atomic E-state index is 0.214. The second kappa shape index (κ2) is 12.9. The number of pyridine rings is 1. The first kappa shape index (κ1) is 30.5. The molecule has 11 nitrogen and oxygen atoms in total. The SMILES string of the molecule is CN1CCC(NC(=O)c2ccc3c(C4CCCCC4)n(-c4ccccn4)nc3c2)(C(=O)Nc2ccc(-c3cnc(N)nc3)cc2)CC1. The fourth-order valence-electron chi connectivity index (χ4n) is 6.85. The van der Waals surface area contributed by atoms with Crippen molar-refractivity contribution in [3.05, 3.63) is 90.5 Å². The van der Waals surface area contributed by atoms with Crippen LogP contribution in [0.5, 0.6) is 0 Å². The maximum atomic E-state index is 13.9. The van der Waals surface area contributed by atoms with E-state index in [1.807, 2.05) is 72.4 Å². The number of hydrogen-bond donors (Lipinski definition) is 3. The van der Waals surface area contributed by atoms with Gasteiger partial charge in [-0.25, -0.2) is 19.6 Å². The van der Waals surface area contributed by atoms with E-state index in [-0.39, 0.29) is 17.8 Å². The number of nitrogens with two attached hydrogens (primary N) is 1. The van der Waals surface area contributed by atoms with Gasteiger partial charge in [0, 0.05) is 59.8 Å². The molecule has 47 heavy (non-hydrogen) atoms. The Hall–Kier alpha value is -5.16.